The summed E-state index contributed by atoms with van der Waals surface area (Å²) in [6.07, 6.45) is -4.47. The van der Waals surface area contributed by atoms with E-state index in [2.05, 4.69) is 5.32 Å². The lowest BCUT2D eigenvalue weighted by molar-refractivity contribution is -0.137. The molecule has 6 heteroatoms. The van der Waals surface area contributed by atoms with Crippen molar-refractivity contribution in [3.05, 3.63) is 35.4 Å². The van der Waals surface area contributed by atoms with Crippen LogP contribution in [0.25, 0.3) is 0 Å². The van der Waals surface area contributed by atoms with Gasteiger partial charge in [0.25, 0.3) is 0 Å². The molecule has 1 aromatic carbocycles. The van der Waals surface area contributed by atoms with Crippen LogP contribution in [0.5, 0.6) is 0 Å². The van der Waals surface area contributed by atoms with Gasteiger partial charge in [0.2, 0.25) is 5.91 Å². The molecule has 0 radical (unpaired) electrons. The number of alkyl halides is 3. The lowest BCUT2D eigenvalue weighted by Crippen LogP contribution is -2.39. The van der Waals surface area contributed by atoms with E-state index < -0.39 is 17.8 Å². The molecule has 22 heavy (non-hydrogen) atoms. The Kier molecular flexibility index (Phi) is 6.00. The van der Waals surface area contributed by atoms with Gasteiger partial charge in [0, 0.05) is 13.0 Å². The third-order valence-electron chi connectivity index (χ3n) is 3.41. The molecule has 0 bridgehead atoms. The Labute approximate surface area is 128 Å². The molecule has 124 valence electrons. The molecule has 2 N–H and O–H groups in total. The van der Waals surface area contributed by atoms with Crippen LogP contribution >= 0.6 is 0 Å². The van der Waals surface area contributed by atoms with Crippen LogP contribution in [-0.2, 0) is 17.4 Å². The number of halogens is 3. The fourth-order valence-corrected chi connectivity index (χ4v) is 1.72. The molecule has 0 aliphatic rings. The molecule has 0 saturated heterocycles. The van der Waals surface area contributed by atoms with Gasteiger partial charge in [-0.3, -0.25) is 4.79 Å². The molecular weight excluding hydrogens is 295 g/mol. The monoisotopic (exact) mass is 317 g/mol. The number of carbonyl (C=O) groups is 1. The highest BCUT2D eigenvalue weighted by Gasteiger charge is 2.29. The van der Waals surface area contributed by atoms with E-state index in [0.717, 1.165) is 12.1 Å². The Hall–Kier alpha value is -1.56. The maximum absolute atomic E-state index is 12.4. The zero-order valence-electron chi connectivity index (χ0n) is 13.0. The van der Waals surface area contributed by atoms with Gasteiger partial charge < -0.3 is 10.4 Å². The molecule has 0 heterocycles. The minimum atomic E-state index is -4.35. The third-order valence-corrected chi connectivity index (χ3v) is 3.41. The fraction of sp³-hybridized carbons (Fsp3) is 0.562. The van der Waals surface area contributed by atoms with E-state index in [9.17, 15) is 23.1 Å². The molecular formula is C16H22F3NO2. The van der Waals surface area contributed by atoms with Crippen LogP contribution in [0.1, 0.15) is 38.3 Å². The lowest BCUT2D eigenvalue weighted by Gasteiger charge is -2.25. The van der Waals surface area contributed by atoms with Gasteiger partial charge in [0.05, 0.1) is 11.7 Å². The van der Waals surface area contributed by atoms with E-state index in [1.54, 1.807) is 0 Å². The van der Waals surface area contributed by atoms with Crippen LogP contribution in [0.3, 0.4) is 0 Å². The highest BCUT2D eigenvalue weighted by atomic mass is 19.4. The van der Waals surface area contributed by atoms with Gasteiger partial charge in [-0.25, -0.2) is 0 Å². The second-order valence-corrected chi connectivity index (χ2v) is 6.38. The molecule has 1 unspecified atom stereocenters. The Morgan fingerprint density at radius 3 is 2.18 bits per heavy atom. The zero-order valence-corrected chi connectivity index (χ0v) is 13.0. The number of aryl methyl sites for hydroxylation is 1. The van der Waals surface area contributed by atoms with Crippen LogP contribution in [0.2, 0.25) is 0 Å². The number of hydrogen-bond donors (Lipinski definition) is 2. The second-order valence-electron chi connectivity index (χ2n) is 6.38. The average Bonchev–Trinajstić information content (AvgIpc) is 2.40. The number of benzene rings is 1. The quantitative estimate of drug-likeness (QED) is 0.876. The van der Waals surface area contributed by atoms with E-state index in [4.69, 9.17) is 0 Å². The van der Waals surface area contributed by atoms with Crippen molar-refractivity contribution in [2.75, 3.05) is 6.54 Å². The number of aliphatic hydroxyl groups is 1. The van der Waals surface area contributed by atoms with Gasteiger partial charge >= 0.3 is 6.18 Å². The molecule has 1 atom stereocenters. The largest absolute Gasteiger partial charge is 0.416 e. The topological polar surface area (TPSA) is 49.3 Å². The first-order valence-electron chi connectivity index (χ1n) is 7.11. The molecule has 0 aromatic heterocycles. The van der Waals surface area contributed by atoms with Crippen LogP contribution in [-0.4, -0.2) is 23.7 Å². The summed E-state index contributed by atoms with van der Waals surface area (Å²) in [5.41, 5.74) is -0.353. The number of nitrogens with one attached hydrogen (secondary N) is 1. The predicted molar refractivity (Wildman–Crippen MR) is 78.2 cm³/mol. The normalized spacial score (nSPS) is 13.8. The van der Waals surface area contributed by atoms with Crippen LogP contribution in [0.4, 0.5) is 13.2 Å². The highest BCUT2D eigenvalue weighted by molar-refractivity contribution is 5.76. The Balaban J connectivity index is 2.42. The molecule has 1 rings (SSSR count). The number of hydrogen-bond acceptors (Lipinski definition) is 2. The number of carbonyl (C=O) groups excluding carboxylic acids is 1. The molecule has 1 aromatic rings. The maximum Gasteiger partial charge on any atom is 0.416 e. The van der Waals surface area contributed by atoms with Gasteiger partial charge in [0.1, 0.15) is 0 Å². The summed E-state index contributed by atoms with van der Waals surface area (Å²) in [5.74, 6) is -0.233. The average molecular weight is 317 g/mol. The summed E-state index contributed by atoms with van der Waals surface area (Å²) >= 11 is 0. The van der Waals surface area contributed by atoms with E-state index >= 15 is 0 Å². The summed E-state index contributed by atoms with van der Waals surface area (Å²) in [4.78, 5) is 11.7. The standard InChI is InChI=1S/C16H22F3NO2/c1-15(2,3)13(21)10-20-14(22)9-6-11-4-7-12(8-5-11)16(17,18)19/h4-5,7-8,13,21H,6,9-10H2,1-3H3,(H,20,22). The van der Waals surface area contributed by atoms with Crippen LogP contribution in [0.15, 0.2) is 24.3 Å². The summed E-state index contributed by atoms with van der Waals surface area (Å²) in [6.45, 7) is 5.76. The molecule has 0 fully saturated rings. The maximum atomic E-state index is 12.4. The second kappa shape index (κ2) is 7.13. The lowest BCUT2D eigenvalue weighted by atomic mass is 9.89. The van der Waals surface area contributed by atoms with E-state index in [1.165, 1.54) is 12.1 Å². The van der Waals surface area contributed by atoms with Gasteiger partial charge in [-0.05, 0) is 29.5 Å². The van der Waals surface area contributed by atoms with Crippen molar-refractivity contribution >= 4 is 5.91 Å². The summed E-state index contributed by atoms with van der Waals surface area (Å²) in [6, 6.07) is 4.77. The highest BCUT2D eigenvalue weighted by Crippen LogP contribution is 2.29. The van der Waals surface area contributed by atoms with Crippen molar-refractivity contribution in [3.8, 4) is 0 Å². The van der Waals surface area contributed by atoms with Crippen molar-refractivity contribution in [1.29, 1.82) is 0 Å². The number of amides is 1. The fourth-order valence-electron chi connectivity index (χ4n) is 1.72. The van der Waals surface area contributed by atoms with E-state index in [0.29, 0.717) is 12.0 Å². The summed E-state index contributed by atoms with van der Waals surface area (Å²) in [5, 5.41) is 12.4. The minimum absolute atomic E-state index is 0.162. The summed E-state index contributed by atoms with van der Waals surface area (Å²) < 4.78 is 37.3. The van der Waals surface area contributed by atoms with E-state index in [1.807, 2.05) is 20.8 Å². The van der Waals surface area contributed by atoms with Gasteiger partial charge in [-0.2, -0.15) is 13.2 Å². The summed E-state index contributed by atoms with van der Waals surface area (Å²) in [7, 11) is 0. The first kappa shape index (κ1) is 18.5. The van der Waals surface area contributed by atoms with Crippen molar-refractivity contribution in [1.82, 2.24) is 5.32 Å². The first-order chi connectivity index (χ1) is 10.00. The third kappa shape index (κ3) is 6.05. The smallest absolute Gasteiger partial charge is 0.391 e. The van der Waals surface area contributed by atoms with Crippen molar-refractivity contribution in [3.63, 3.8) is 0 Å². The van der Waals surface area contributed by atoms with Gasteiger partial charge in [-0.15, -0.1) is 0 Å². The Morgan fingerprint density at radius 1 is 1.18 bits per heavy atom. The molecule has 3 nitrogen and oxygen atoms in total. The predicted octanol–water partition coefficient (Wildman–Crippen LogP) is 3.16. The first-order valence-corrected chi connectivity index (χ1v) is 7.11. The van der Waals surface area contributed by atoms with Crippen molar-refractivity contribution in [2.45, 2.75) is 45.9 Å². The molecule has 0 spiro atoms. The van der Waals surface area contributed by atoms with Gasteiger partial charge in [0.15, 0.2) is 0 Å². The SMILES string of the molecule is CC(C)(C)C(O)CNC(=O)CCc1ccc(C(F)(F)F)cc1. The van der Waals surface area contributed by atoms with Gasteiger partial charge in [-0.1, -0.05) is 32.9 Å². The number of aliphatic hydroxyl groups excluding tert-OH is 1. The molecule has 1 amide bonds. The molecule has 0 aliphatic heterocycles. The van der Waals surface area contributed by atoms with Crippen molar-refractivity contribution in [2.24, 2.45) is 5.41 Å². The van der Waals surface area contributed by atoms with Crippen LogP contribution in [0, 0.1) is 5.41 Å². The molecule has 0 aliphatic carbocycles. The minimum Gasteiger partial charge on any atom is -0.391 e. The Morgan fingerprint density at radius 2 is 1.73 bits per heavy atom. The Bertz CT molecular complexity index is 490. The zero-order chi connectivity index (χ0) is 17.0. The molecule has 0 saturated carbocycles. The van der Waals surface area contributed by atoms with E-state index in [-0.39, 0.29) is 24.3 Å². The van der Waals surface area contributed by atoms with Crippen LogP contribution < -0.4 is 5.32 Å². The van der Waals surface area contributed by atoms with Crippen molar-refractivity contribution < 1.29 is 23.1 Å². The number of rotatable bonds is 5.